The molecule has 0 fully saturated rings. The summed E-state index contributed by atoms with van der Waals surface area (Å²) in [6, 6.07) is 14.3. The average molecular weight is 380 g/mol. The summed E-state index contributed by atoms with van der Waals surface area (Å²) in [5.74, 6) is 0.603. The van der Waals surface area contributed by atoms with Crippen molar-refractivity contribution in [2.24, 2.45) is 4.99 Å². The summed E-state index contributed by atoms with van der Waals surface area (Å²) in [7, 11) is 1.82. The van der Waals surface area contributed by atoms with Crippen LogP contribution in [0.15, 0.2) is 59.0 Å². The second-order valence-electron chi connectivity index (χ2n) is 6.61. The van der Waals surface area contributed by atoms with Crippen LogP contribution in [0, 0.1) is 0 Å². The normalized spacial score (nSPS) is 19.3. The Balaban J connectivity index is 1.54. The van der Waals surface area contributed by atoms with E-state index in [2.05, 4.69) is 28.5 Å². The van der Waals surface area contributed by atoms with Crippen LogP contribution in [0.1, 0.15) is 23.9 Å². The van der Waals surface area contributed by atoms with E-state index in [1.807, 2.05) is 43.6 Å². The number of nitrogens with one attached hydrogen (secondary N) is 1. The van der Waals surface area contributed by atoms with Crippen molar-refractivity contribution in [3.63, 3.8) is 0 Å². The second kappa shape index (κ2) is 7.09. The highest BCUT2D eigenvalue weighted by Gasteiger charge is 2.38. The van der Waals surface area contributed by atoms with E-state index in [-0.39, 0.29) is 12.3 Å². The standard InChI is InChI=1S/C20H20N4O2S/c1-20(12-17(25)22-13-18-21-10-11-27-18)23-19(24(2)26-20)16-9-5-7-14-6-3-4-8-15(14)16/h3-11H,12-13H2,1-2H3,(H,22,25). The van der Waals surface area contributed by atoms with Gasteiger partial charge in [-0.15, -0.1) is 11.3 Å². The number of amidine groups is 1. The summed E-state index contributed by atoms with van der Waals surface area (Å²) in [5.41, 5.74) is 0.0519. The first kappa shape index (κ1) is 17.6. The fraction of sp³-hybridized carbons (Fsp3) is 0.250. The summed E-state index contributed by atoms with van der Waals surface area (Å²) in [5, 5.41) is 9.53. The van der Waals surface area contributed by atoms with E-state index in [0.717, 1.165) is 27.2 Å². The van der Waals surface area contributed by atoms with E-state index in [1.165, 1.54) is 11.3 Å². The maximum atomic E-state index is 12.4. The number of nitrogens with zero attached hydrogens (tertiary/aromatic N) is 3. The SMILES string of the molecule is CN1OC(C)(CC(=O)NCc2nccs2)N=C1c1cccc2ccccc12. The summed E-state index contributed by atoms with van der Waals surface area (Å²) in [6.45, 7) is 2.24. The smallest absolute Gasteiger partial charge is 0.225 e. The second-order valence-corrected chi connectivity index (χ2v) is 7.58. The third-order valence-corrected chi connectivity index (χ3v) is 5.19. The Morgan fingerprint density at radius 1 is 1.26 bits per heavy atom. The molecule has 0 bridgehead atoms. The van der Waals surface area contributed by atoms with Crippen molar-refractivity contribution in [2.75, 3.05) is 7.05 Å². The van der Waals surface area contributed by atoms with Crippen molar-refractivity contribution >= 4 is 33.9 Å². The fourth-order valence-corrected chi connectivity index (χ4v) is 3.81. The van der Waals surface area contributed by atoms with E-state index in [4.69, 9.17) is 9.83 Å². The molecule has 0 saturated carbocycles. The van der Waals surface area contributed by atoms with Gasteiger partial charge in [0.2, 0.25) is 5.91 Å². The van der Waals surface area contributed by atoms with Crippen molar-refractivity contribution in [3.05, 3.63) is 64.6 Å². The van der Waals surface area contributed by atoms with Crippen LogP contribution in [0.3, 0.4) is 0 Å². The summed E-state index contributed by atoms with van der Waals surface area (Å²) < 4.78 is 0. The van der Waals surface area contributed by atoms with Crippen LogP contribution in [-0.4, -0.2) is 34.6 Å². The molecule has 3 aromatic rings. The van der Waals surface area contributed by atoms with Crippen LogP contribution in [0.5, 0.6) is 0 Å². The number of thiazole rings is 1. The highest BCUT2D eigenvalue weighted by atomic mass is 32.1. The third kappa shape index (κ3) is 3.70. The average Bonchev–Trinajstić information content (AvgIpc) is 3.27. The Bertz CT molecular complexity index is 997. The Labute approximate surface area is 161 Å². The Morgan fingerprint density at radius 2 is 2.07 bits per heavy atom. The molecular weight excluding hydrogens is 360 g/mol. The maximum Gasteiger partial charge on any atom is 0.225 e. The lowest BCUT2D eigenvalue weighted by molar-refractivity contribution is -0.166. The number of benzene rings is 2. The van der Waals surface area contributed by atoms with Crippen LogP contribution >= 0.6 is 11.3 Å². The number of carbonyl (C=O) groups excluding carboxylic acids is 1. The minimum atomic E-state index is -0.937. The third-order valence-electron chi connectivity index (χ3n) is 4.41. The zero-order chi connectivity index (χ0) is 18.9. The lowest BCUT2D eigenvalue weighted by Gasteiger charge is -2.21. The molecule has 7 heteroatoms. The van der Waals surface area contributed by atoms with E-state index < -0.39 is 5.72 Å². The minimum Gasteiger partial charge on any atom is -0.349 e. The van der Waals surface area contributed by atoms with Crippen LogP contribution < -0.4 is 5.32 Å². The quantitative estimate of drug-likeness (QED) is 0.737. The topological polar surface area (TPSA) is 66.8 Å². The van der Waals surface area contributed by atoms with Gasteiger partial charge in [-0.3, -0.25) is 4.79 Å². The number of amides is 1. The molecule has 2 aromatic carbocycles. The first-order valence-electron chi connectivity index (χ1n) is 8.70. The summed E-state index contributed by atoms with van der Waals surface area (Å²) in [4.78, 5) is 27.2. The van der Waals surface area contributed by atoms with Crippen LogP contribution in [-0.2, 0) is 16.2 Å². The molecule has 0 saturated heterocycles. The molecule has 2 heterocycles. The Morgan fingerprint density at radius 3 is 2.89 bits per heavy atom. The predicted octanol–water partition coefficient (Wildman–Crippen LogP) is 3.34. The van der Waals surface area contributed by atoms with Gasteiger partial charge >= 0.3 is 0 Å². The molecule has 1 amide bonds. The van der Waals surface area contributed by atoms with Gasteiger partial charge < -0.3 is 5.32 Å². The van der Waals surface area contributed by atoms with Gasteiger partial charge in [-0.2, -0.15) is 0 Å². The number of rotatable bonds is 5. The van der Waals surface area contributed by atoms with Gasteiger partial charge in [-0.1, -0.05) is 42.5 Å². The fourth-order valence-electron chi connectivity index (χ4n) is 3.25. The molecule has 0 aliphatic carbocycles. The number of hydrogen-bond acceptors (Lipinski definition) is 6. The van der Waals surface area contributed by atoms with Gasteiger partial charge in [-0.05, 0) is 17.7 Å². The minimum absolute atomic E-state index is 0.121. The van der Waals surface area contributed by atoms with Gasteiger partial charge in [0.25, 0.3) is 0 Å². The van der Waals surface area contributed by atoms with Gasteiger partial charge in [0.1, 0.15) is 5.01 Å². The number of aromatic nitrogens is 1. The molecule has 1 N–H and O–H groups in total. The van der Waals surface area contributed by atoms with Crippen LogP contribution in [0.4, 0.5) is 0 Å². The number of carbonyl (C=O) groups is 1. The summed E-state index contributed by atoms with van der Waals surface area (Å²) >= 11 is 1.51. The maximum absolute atomic E-state index is 12.4. The van der Waals surface area contributed by atoms with Gasteiger partial charge in [0, 0.05) is 24.2 Å². The molecule has 0 radical (unpaired) electrons. The molecule has 1 aliphatic rings. The van der Waals surface area contributed by atoms with Crippen LogP contribution in [0.25, 0.3) is 10.8 Å². The molecular formula is C20H20N4O2S. The monoisotopic (exact) mass is 380 g/mol. The van der Waals surface area contributed by atoms with Crippen LogP contribution in [0.2, 0.25) is 0 Å². The zero-order valence-corrected chi connectivity index (χ0v) is 16.0. The molecule has 138 valence electrons. The molecule has 6 nitrogen and oxygen atoms in total. The Hall–Kier alpha value is -2.77. The predicted molar refractivity (Wildman–Crippen MR) is 106 cm³/mol. The first-order valence-corrected chi connectivity index (χ1v) is 9.58. The van der Waals surface area contributed by atoms with Gasteiger partial charge in [0.05, 0.1) is 13.0 Å². The lowest BCUT2D eigenvalue weighted by atomic mass is 10.0. The number of aliphatic imine (C=N–C) groups is 1. The highest BCUT2D eigenvalue weighted by molar-refractivity contribution is 7.09. The largest absolute Gasteiger partial charge is 0.349 e. The molecule has 27 heavy (non-hydrogen) atoms. The van der Waals surface area contributed by atoms with E-state index in [0.29, 0.717) is 6.54 Å². The lowest BCUT2D eigenvalue weighted by Crippen LogP contribution is -2.35. The molecule has 0 spiro atoms. The van der Waals surface area contributed by atoms with E-state index in [1.54, 1.807) is 11.3 Å². The number of hydrogen-bond donors (Lipinski definition) is 1. The van der Waals surface area contributed by atoms with Gasteiger partial charge in [0.15, 0.2) is 11.6 Å². The molecule has 4 rings (SSSR count). The van der Waals surface area contributed by atoms with Gasteiger partial charge in [-0.25, -0.2) is 19.9 Å². The molecule has 1 unspecified atom stereocenters. The Kier molecular flexibility index (Phi) is 4.63. The van der Waals surface area contributed by atoms with Crippen molar-refractivity contribution in [1.82, 2.24) is 15.4 Å². The molecule has 1 aliphatic heterocycles. The molecule has 1 aromatic heterocycles. The summed E-state index contributed by atoms with van der Waals surface area (Å²) in [6.07, 6.45) is 1.86. The van der Waals surface area contributed by atoms with Crippen molar-refractivity contribution in [3.8, 4) is 0 Å². The number of fused-ring (bicyclic) bond motifs is 1. The number of hydroxylamine groups is 2. The van der Waals surface area contributed by atoms with Crippen molar-refractivity contribution in [2.45, 2.75) is 25.6 Å². The van der Waals surface area contributed by atoms with E-state index in [9.17, 15) is 4.79 Å². The molecule has 1 atom stereocenters. The zero-order valence-electron chi connectivity index (χ0n) is 15.2. The van der Waals surface area contributed by atoms with Crippen molar-refractivity contribution in [1.29, 1.82) is 0 Å². The first-order chi connectivity index (χ1) is 13.0. The highest BCUT2D eigenvalue weighted by Crippen LogP contribution is 2.30. The van der Waals surface area contributed by atoms with E-state index >= 15 is 0 Å². The van der Waals surface area contributed by atoms with Crippen molar-refractivity contribution < 1.29 is 9.63 Å².